The smallest absolute Gasteiger partial charge is 0.366 e. The average molecular weight is 492 g/mol. The van der Waals surface area contributed by atoms with Crippen molar-refractivity contribution in [3.63, 3.8) is 0 Å². The number of halogens is 4. The number of nitrogens with one attached hydrogen (secondary N) is 1. The number of anilines is 2. The maximum absolute atomic E-state index is 13.5. The monoisotopic (exact) mass is 491 g/mol. The third-order valence-electron chi connectivity index (χ3n) is 7.52. The maximum Gasteiger partial charge on any atom is 0.416 e. The summed E-state index contributed by atoms with van der Waals surface area (Å²) in [5.74, 6) is -0.478. The molecule has 3 aliphatic rings. The molecule has 0 aromatic heterocycles. The van der Waals surface area contributed by atoms with E-state index in [-0.39, 0.29) is 18.0 Å². The van der Waals surface area contributed by atoms with E-state index in [4.69, 9.17) is 11.6 Å². The third kappa shape index (κ3) is 4.59. The van der Waals surface area contributed by atoms with Gasteiger partial charge in [-0.3, -0.25) is 4.79 Å². The van der Waals surface area contributed by atoms with Crippen LogP contribution < -0.4 is 15.1 Å². The zero-order valence-corrected chi connectivity index (χ0v) is 19.7. The molecule has 8 heteroatoms. The van der Waals surface area contributed by atoms with Gasteiger partial charge in [0.1, 0.15) is 0 Å². The van der Waals surface area contributed by atoms with E-state index in [0.29, 0.717) is 36.6 Å². The number of amides is 1. The Kier molecular flexibility index (Phi) is 6.40. The van der Waals surface area contributed by atoms with Crippen LogP contribution in [0.5, 0.6) is 0 Å². The van der Waals surface area contributed by atoms with Crippen LogP contribution in [0.2, 0.25) is 5.02 Å². The van der Waals surface area contributed by atoms with Crippen LogP contribution in [0.15, 0.2) is 42.5 Å². The highest BCUT2D eigenvalue weighted by Gasteiger charge is 2.43. The van der Waals surface area contributed by atoms with Crippen molar-refractivity contribution in [1.82, 2.24) is 5.32 Å². The molecule has 5 rings (SSSR count). The number of nitrogens with zero attached hydrogens (tertiary/aromatic N) is 2. The molecule has 2 aliphatic heterocycles. The van der Waals surface area contributed by atoms with Crippen molar-refractivity contribution in [3.05, 3.63) is 58.6 Å². The number of hydrogen-bond acceptors (Lipinski definition) is 3. The lowest BCUT2D eigenvalue weighted by atomic mass is 9.82. The van der Waals surface area contributed by atoms with E-state index >= 15 is 0 Å². The number of hydrogen-bond donors (Lipinski definition) is 1. The van der Waals surface area contributed by atoms with Crippen LogP contribution in [0.4, 0.5) is 24.5 Å². The molecule has 1 saturated heterocycles. The molecule has 4 nitrogen and oxygen atoms in total. The van der Waals surface area contributed by atoms with Gasteiger partial charge in [0.2, 0.25) is 5.91 Å². The Morgan fingerprint density at radius 3 is 2.50 bits per heavy atom. The summed E-state index contributed by atoms with van der Waals surface area (Å²) >= 11 is 6.46. The Labute approximate surface area is 203 Å². The second kappa shape index (κ2) is 9.33. The normalized spacial score (nSPS) is 23.3. The molecule has 0 bridgehead atoms. The summed E-state index contributed by atoms with van der Waals surface area (Å²) in [5, 5.41) is 3.89. The first-order chi connectivity index (χ1) is 16.3. The first-order valence-electron chi connectivity index (χ1n) is 12.1. The summed E-state index contributed by atoms with van der Waals surface area (Å²) in [4.78, 5) is 17.8. The maximum atomic E-state index is 13.5. The number of carbonyl (C=O) groups is 1. The summed E-state index contributed by atoms with van der Waals surface area (Å²) in [6.45, 7) is 1.88. The van der Waals surface area contributed by atoms with Crippen molar-refractivity contribution in [1.29, 1.82) is 0 Å². The van der Waals surface area contributed by atoms with Gasteiger partial charge < -0.3 is 15.1 Å². The molecule has 2 aromatic carbocycles. The Morgan fingerprint density at radius 2 is 1.76 bits per heavy atom. The fraction of sp³-hybridized carbons (Fsp3) is 0.500. The summed E-state index contributed by atoms with van der Waals surface area (Å²) in [5.41, 5.74) is 1.67. The molecule has 2 heterocycles. The SMILES string of the molecule is O=C(NC1CCCCC1)C1Cc2cc(C(F)(F)F)ccc2N2CCN(c3ccccc3Cl)CC12. The molecule has 34 heavy (non-hydrogen) atoms. The summed E-state index contributed by atoms with van der Waals surface area (Å²) in [6, 6.07) is 11.6. The lowest BCUT2D eigenvalue weighted by Crippen LogP contribution is -2.61. The van der Waals surface area contributed by atoms with Crippen LogP contribution in [0, 0.1) is 5.92 Å². The van der Waals surface area contributed by atoms with Crippen LogP contribution in [0.25, 0.3) is 0 Å². The van der Waals surface area contributed by atoms with Gasteiger partial charge in [0.25, 0.3) is 0 Å². The van der Waals surface area contributed by atoms with Gasteiger partial charge in [0.05, 0.1) is 28.2 Å². The van der Waals surface area contributed by atoms with Crippen LogP contribution in [-0.4, -0.2) is 37.6 Å². The molecule has 2 aromatic rings. The fourth-order valence-electron chi connectivity index (χ4n) is 5.78. The van der Waals surface area contributed by atoms with Gasteiger partial charge in [-0.1, -0.05) is 43.0 Å². The number of fused-ring (bicyclic) bond motifs is 3. The van der Waals surface area contributed by atoms with Crippen LogP contribution in [0.3, 0.4) is 0 Å². The van der Waals surface area contributed by atoms with E-state index in [1.807, 2.05) is 24.3 Å². The second-order valence-electron chi connectivity index (χ2n) is 9.65. The predicted molar refractivity (Wildman–Crippen MR) is 128 cm³/mol. The van der Waals surface area contributed by atoms with Crippen molar-refractivity contribution in [2.24, 2.45) is 5.92 Å². The molecule has 1 amide bonds. The Bertz CT molecular complexity index is 1050. The second-order valence-corrected chi connectivity index (χ2v) is 10.1. The van der Waals surface area contributed by atoms with Gasteiger partial charge in [-0.15, -0.1) is 0 Å². The quantitative estimate of drug-likeness (QED) is 0.600. The average Bonchev–Trinajstić information content (AvgIpc) is 2.83. The van der Waals surface area contributed by atoms with Gasteiger partial charge in [-0.2, -0.15) is 13.2 Å². The van der Waals surface area contributed by atoms with Crippen molar-refractivity contribution in [2.45, 2.75) is 56.8 Å². The molecular formula is C26H29ClF3N3O. The van der Waals surface area contributed by atoms with Crippen LogP contribution in [-0.2, 0) is 17.4 Å². The standard InChI is InChI=1S/C26H29ClF3N3O/c27-21-8-4-5-9-23(21)32-12-13-33-22-11-10-18(26(28,29)30)14-17(22)15-20(24(33)16-32)25(34)31-19-6-2-1-3-7-19/h4-5,8-11,14,19-20,24H,1-3,6-7,12-13,15-16H2,(H,31,34). The lowest BCUT2D eigenvalue weighted by molar-refractivity contribution is -0.137. The van der Waals surface area contributed by atoms with Crippen LogP contribution in [0.1, 0.15) is 43.2 Å². The van der Waals surface area contributed by atoms with Gasteiger partial charge >= 0.3 is 6.18 Å². The van der Waals surface area contributed by atoms with E-state index in [9.17, 15) is 18.0 Å². The van der Waals surface area contributed by atoms with Crippen molar-refractivity contribution in [2.75, 3.05) is 29.4 Å². The van der Waals surface area contributed by atoms with Gasteiger partial charge in [0.15, 0.2) is 0 Å². The molecule has 2 fully saturated rings. The molecular weight excluding hydrogens is 463 g/mol. The summed E-state index contributed by atoms with van der Waals surface area (Å²) in [7, 11) is 0. The van der Waals surface area contributed by atoms with E-state index in [1.165, 1.54) is 12.5 Å². The van der Waals surface area contributed by atoms with Gasteiger partial charge in [-0.25, -0.2) is 0 Å². The number of alkyl halides is 3. The van der Waals surface area contributed by atoms with Gasteiger partial charge in [0, 0.05) is 31.4 Å². The number of piperazine rings is 1. The third-order valence-corrected chi connectivity index (χ3v) is 7.84. The predicted octanol–water partition coefficient (Wildman–Crippen LogP) is 5.68. The molecule has 1 saturated carbocycles. The molecule has 2 unspecified atom stereocenters. The minimum atomic E-state index is -4.41. The number of carbonyl (C=O) groups excluding carboxylic acids is 1. The molecule has 1 N–H and O–H groups in total. The first kappa shape index (κ1) is 23.3. The minimum Gasteiger partial charge on any atom is -0.366 e. The van der Waals surface area contributed by atoms with E-state index < -0.39 is 17.7 Å². The van der Waals surface area contributed by atoms with Crippen molar-refractivity contribution < 1.29 is 18.0 Å². The lowest BCUT2D eigenvalue weighted by Gasteiger charge is -2.50. The van der Waals surface area contributed by atoms with Crippen molar-refractivity contribution in [3.8, 4) is 0 Å². The number of rotatable bonds is 3. The van der Waals surface area contributed by atoms with E-state index in [2.05, 4.69) is 15.1 Å². The van der Waals surface area contributed by atoms with Gasteiger partial charge in [-0.05, 0) is 55.2 Å². The zero-order valence-electron chi connectivity index (χ0n) is 19.0. The fourth-order valence-corrected chi connectivity index (χ4v) is 6.04. The molecule has 182 valence electrons. The first-order valence-corrected chi connectivity index (χ1v) is 12.5. The molecule has 0 radical (unpaired) electrons. The summed E-state index contributed by atoms with van der Waals surface area (Å²) < 4.78 is 40.3. The topological polar surface area (TPSA) is 35.6 Å². The van der Waals surface area contributed by atoms with Crippen molar-refractivity contribution >= 4 is 28.9 Å². The Morgan fingerprint density at radius 1 is 1.00 bits per heavy atom. The highest BCUT2D eigenvalue weighted by molar-refractivity contribution is 6.33. The van der Waals surface area contributed by atoms with E-state index in [1.54, 1.807) is 6.07 Å². The summed E-state index contributed by atoms with van der Waals surface area (Å²) in [6.07, 6.45) is 1.21. The molecule has 1 aliphatic carbocycles. The number of para-hydroxylation sites is 1. The molecule has 2 atom stereocenters. The molecule has 0 spiro atoms. The van der Waals surface area contributed by atoms with Crippen LogP contribution >= 0.6 is 11.6 Å². The highest BCUT2D eigenvalue weighted by Crippen LogP contribution is 2.41. The minimum absolute atomic E-state index is 0.0500. The highest BCUT2D eigenvalue weighted by atomic mass is 35.5. The largest absolute Gasteiger partial charge is 0.416 e. The number of benzene rings is 2. The van der Waals surface area contributed by atoms with E-state index in [0.717, 1.165) is 43.1 Å². The Hall–Kier alpha value is -2.41. The zero-order chi connectivity index (χ0) is 23.9. The Balaban J connectivity index is 1.46.